The van der Waals surface area contributed by atoms with Crippen LogP contribution in [-0.4, -0.2) is 19.0 Å². The number of aryl methyl sites for hydroxylation is 2. The summed E-state index contributed by atoms with van der Waals surface area (Å²) in [6.07, 6.45) is 3.15. The molecule has 0 aliphatic carbocycles. The summed E-state index contributed by atoms with van der Waals surface area (Å²) in [7, 11) is 1.23. The van der Waals surface area contributed by atoms with Crippen molar-refractivity contribution >= 4 is 17.6 Å². The third-order valence-corrected chi connectivity index (χ3v) is 5.21. The quantitative estimate of drug-likeness (QED) is 0.490. The molecule has 0 aliphatic heterocycles. The second kappa shape index (κ2) is 9.73. The van der Waals surface area contributed by atoms with E-state index < -0.39 is 11.9 Å². The lowest BCUT2D eigenvalue weighted by atomic mass is 9.87. The smallest absolute Gasteiger partial charge is 0.397 e. The second-order valence-corrected chi connectivity index (χ2v) is 8.54. The summed E-state index contributed by atoms with van der Waals surface area (Å²) in [4.78, 5) is 26.3. The van der Waals surface area contributed by atoms with E-state index >= 15 is 0 Å². The number of benzene rings is 2. The van der Waals surface area contributed by atoms with Crippen LogP contribution in [0.1, 0.15) is 62.8 Å². The number of anilines is 1. The standard InChI is InChI=1S/C25H33NO3/c1-7-8-9-20-16-22(15-10-18(20)2)26(23(27)24(28)29-6)17-19-11-13-21(14-12-19)25(3,4)5/h10-16H,7-9,17H2,1-6H3. The molecule has 0 radical (unpaired) electrons. The highest BCUT2D eigenvalue weighted by molar-refractivity contribution is 6.38. The normalized spacial score (nSPS) is 11.2. The molecule has 4 nitrogen and oxygen atoms in total. The first kappa shape index (κ1) is 22.7. The van der Waals surface area contributed by atoms with E-state index in [0.717, 1.165) is 30.5 Å². The fourth-order valence-electron chi connectivity index (χ4n) is 3.23. The molecule has 0 heterocycles. The first-order valence-corrected chi connectivity index (χ1v) is 10.3. The van der Waals surface area contributed by atoms with E-state index in [9.17, 15) is 9.59 Å². The number of methoxy groups -OCH3 is 1. The average Bonchev–Trinajstić information content (AvgIpc) is 2.70. The minimum atomic E-state index is -0.855. The molecule has 4 heteroatoms. The Labute approximate surface area is 174 Å². The zero-order valence-electron chi connectivity index (χ0n) is 18.5. The Kier molecular flexibility index (Phi) is 7.60. The largest absolute Gasteiger partial charge is 0.462 e. The zero-order chi connectivity index (χ0) is 21.6. The number of amides is 1. The number of nitrogens with zero attached hydrogens (tertiary/aromatic N) is 1. The molecule has 0 bridgehead atoms. The lowest BCUT2D eigenvalue weighted by Gasteiger charge is -2.24. The maximum absolute atomic E-state index is 12.8. The van der Waals surface area contributed by atoms with Crippen molar-refractivity contribution in [3.63, 3.8) is 0 Å². The van der Waals surface area contributed by atoms with Crippen LogP contribution in [0.2, 0.25) is 0 Å². The van der Waals surface area contributed by atoms with Gasteiger partial charge in [0, 0.05) is 5.69 Å². The summed E-state index contributed by atoms with van der Waals surface area (Å²) in [6, 6.07) is 14.1. The molecule has 2 aromatic rings. The molecule has 0 saturated heterocycles. The molecule has 0 atom stereocenters. The van der Waals surface area contributed by atoms with Gasteiger partial charge in [0.15, 0.2) is 0 Å². The summed E-state index contributed by atoms with van der Waals surface area (Å²) < 4.78 is 4.70. The minimum absolute atomic E-state index is 0.0607. The van der Waals surface area contributed by atoms with Gasteiger partial charge in [0.2, 0.25) is 0 Å². The van der Waals surface area contributed by atoms with Crippen LogP contribution in [0.5, 0.6) is 0 Å². The van der Waals surface area contributed by atoms with Crippen LogP contribution in [0.15, 0.2) is 42.5 Å². The summed E-state index contributed by atoms with van der Waals surface area (Å²) in [6.45, 7) is 11.0. The Bertz CT molecular complexity index is 847. The van der Waals surface area contributed by atoms with Crippen LogP contribution in [-0.2, 0) is 32.7 Å². The second-order valence-electron chi connectivity index (χ2n) is 8.54. The first-order chi connectivity index (χ1) is 13.7. The SMILES string of the molecule is CCCCc1cc(N(Cc2ccc(C(C)(C)C)cc2)C(=O)C(=O)OC)ccc1C. The molecule has 0 spiro atoms. The Morgan fingerprint density at radius 3 is 2.24 bits per heavy atom. The Balaban J connectivity index is 2.38. The van der Waals surface area contributed by atoms with E-state index in [2.05, 4.69) is 46.8 Å². The number of hydrogen-bond donors (Lipinski definition) is 0. The van der Waals surface area contributed by atoms with E-state index in [1.165, 1.54) is 28.7 Å². The van der Waals surface area contributed by atoms with Crippen LogP contribution in [0.3, 0.4) is 0 Å². The summed E-state index contributed by atoms with van der Waals surface area (Å²) in [5.41, 5.74) is 5.37. The van der Waals surface area contributed by atoms with Crippen molar-refractivity contribution in [1.82, 2.24) is 0 Å². The predicted molar refractivity (Wildman–Crippen MR) is 118 cm³/mol. The topological polar surface area (TPSA) is 46.6 Å². The molecule has 156 valence electrons. The van der Waals surface area contributed by atoms with Gasteiger partial charge in [-0.25, -0.2) is 4.79 Å². The van der Waals surface area contributed by atoms with Gasteiger partial charge in [-0.3, -0.25) is 9.69 Å². The maximum atomic E-state index is 12.8. The summed E-state index contributed by atoms with van der Waals surface area (Å²) in [5, 5.41) is 0. The number of esters is 1. The Morgan fingerprint density at radius 1 is 1.03 bits per heavy atom. The number of ether oxygens (including phenoxy) is 1. The van der Waals surface area contributed by atoms with Crippen molar-refractivity contribution in [1.29, 1.82) is 0 Å². The molecule has 2 rings (SSSR count). The van der Waals surface area contributed by atoms with Crippen LogP contribution < -0.4 is 4.90 Å². The molecule has 0 aliphatic rings. The van der Waals surface area contributed by atoms with Gasteiger partial charge in [-0.05, 0) is 59.6 Å². The lowest BCUT2D eigenvalue weighted by Crippen LogP contribution is -2.37. The highest BCUT2D eigenvalue weighted by Gasteiger charge is 2.25. The van der Waals surface area contributed by atoms with E-state index in [0.29, 0.717) is 6.54 Å². The van der Waals surface area contributed by atoms with E-state index in [1.54, 1.807) is 0 Å². The monoisotopic (exact) mass is 395 g/mol. The van der Waals surface area contributed by atoms with Crippen molar-refractivity contribution in [2.75, 3.05) is 12.0 Å². The van der Waals surface area contributed by atoms with Crippen molar-refractivity contribution in [2.24, 2.45) is 0 Å². The third-order valence-electron chi connectivity index (χ3n) is 5.21. The Hall–Kier alpha value is -2.62. The van der Waals surface area contributed by atoms with Crippen molar-refractivity contribution in [3.8, 4) is 0 Å². The zero-order valence-corrected chi connectivity index (χ0v) is 18.5. The van der Waals surface area contributed by atoms with Gasteiger partial charge in [-0.2, -0.15) is 0 Å². The first-order valence-electron chi connectivity index (χ1n) is 10.3. The number of unbranched alkanes of at least 4 members (excludes halogenated alkanes) is 1. The minimum Gasteiger partial charge on any atom is -0.462 e. The van der Waals surface area contributed by atoms with Crippen LogP contribution in [0.25, 0.3) is 0 Å². The fourth-order valence-corrected chi connectivity index (χ4v) is 3.23. The molecule has 0 fully saturated rings. The molecule has 2 aromatic carbocycles. The number of carbonyl (C=O) groups excluding carboxylic acids is 2. The molecule has 0 saturated carbocycles. The van der Waals surface area contributed by atoms with Crippen LogP contribution >= 0.6 is 0 Å². The lowest BCUT2D eigenvalue weighted by molar-refractivity contribution is -0.151. The molecule has 29 heavy (non-hydrogen) atoms. The van der Waals surface area contributed by atoms with Crippen molar-refractivity contribution in [3.05, 3.63) is 64.7 Å². The van der Waals surface area contributed by atoms with E-state index in [1.807, 2.05) is 30.3 Å². The average molecular weight is 396 g/mol. The third kappa shape index (κ3) is 5.93. The number of rotatable bonds is 6. The van der Waals surface area contributed by atoms with Gasteiger partial charge in [0.05, 0.1) is 13.7 Å². The van der Waals surface area contributed by atoms with Crippen molar-refractivity contribution < 1.29 is 14.3 Å². The molecule has 0 unspecified atom stereocenters. The van der Waals surface area contributed by atoms with E-state index in [-0.39, 0.29) is 5.41 Å². The van der Waals surface area contributed by atoms with Gasteiger partial charge >= 0.3 is 11.9 Å². The molecule has 0 aromatic heterocycles. The van der Waals surface area contributed by atoms with Gasteiger partial charge in [0.25, 0.3) is 0 Å². The van der Waals surface area contributed by atoms with E-state index in [4.69, 9.17) is 4.74 Å². The van der Waals surface area contributed by atoms with Crippen LogP contribution in [0, 0.1) is 6.92 Å². The summed E-state index contributed by atoms with van der Waals surface area (Å²) in [5.74, 6) is -1.51. The molecular weight excluding hydrogens is 362 g/mol. The number of hydrogen-bond acceptors (Lipinski definition) is 3. The van der Waals surface area contributed by atoms with Gasteiger partial charge in [-0.15, -0.1) is 0 Å². The summed E-state index contributed by atoms with van der Waals surface area (Å²) >= 11 is 0. The highest BCUT2D eigenvalue weighted by atomic mass is 16.5. The van der Waals surface area contributed by atoms with Gasteiger partial charge in [-0.1, -0.05) is 64.4 Å². The molecule has 0 N–H and O–H groups in total. The Morgan fingerprint density at radius 2 is 1.69 bits per heavy atom. The number of carbonyl (C=O) groups is 2. The van der Waals surface area contributed by atoms with Crippen molar-refractivity contribution in [2.45, 2.75) is 65.8 Å². The fraction of sp³-hybridized carbons (Fsp3) is 0.440. The van der Waals surface area contributed by atoms with Gasteiger partial charge in [0.1, 0.15) is 0 Å². The molecule has 1 amide bonds. The maximum Gasteiger partial charge on any atom is 0.397 e. The molecular formula is C25H33NO3. The van der Waals surface area contributed by atoms with Crippen LogP contribution in [0.4, 0.5) is 5.69 Å². The predicted octanol–water partition coefficient (Wildman–Crippen LogP) is 5.34. The highest BCUT2D eigenvalue weighted by Crippen LogP contribution is 2.25. The van der Waals surface area contributed by atoms with Gasteiger partial charge < -0.3 is 4.74 Å².